The van der Waals surface area contributed by atoms with Crippen LogP contribution in [0.15, 0.2) is 41.0 Å². The summed E-state index contributed by atoms with van der Waals surface area (Å²) in [5, 5.41) is 19.5. The molecular formula is C13H11N4O3+. The van der Waals surface area contributed by atoms with Crippen LogP contribution >= 0.6 is 0 Å². The highest BCUT2D eigenvalue weighted by Gasteiger charge is 2.23. The van der Waals surface area contributed by atoms with E-state index in [-0.39, 0.29) is 16.1 Å². The first-order valence-electron chi connectivity index (χ1n) is 5.90. The van der Waals surface area contributed by atoms with Gasteiger partial charge in [-0.15, -0.1) is 0 Å². The first kappa shape index (κ1) is 12.1. The Labute approximate surface area is 113 Å². The molecule has 0 unspecified atom stereocenters. The largest absolute Gasteiger partial charge is 0.354 e. The molecule has 1 aromatic heterocycles. The number of hydrogen-bond donors (Lipinski definition) is 2. The predicted octanol–water partition coefficient (Wildman–Crippen LogP) is 3.07. The van der Waals surface area contributed by atoms with Gasteiger partial charge in [0.1, 0.15) is 0 Å². The second-order valence-electron chi connectivity index (χ2n) is 4.36. The van der Waals surface area contributed by atoms with Gasteiger partial charge in [-0.2, -0.15) is 0 Å². The number of nitrogens with zero attached hydrogens (tertiary/aromatic N) is 3. The molecule has 2 aromatic carbocycles. The number of anilines is 2. The van der Waals surface area contributed by atoms with E-state index in [1.54, 1.807) is 6.07 Å². The van der Waals surface area contributed by atoms with Crippen molar-refractivity contribution >= 4 is 28.1 Å². The first-order chi connectivity index (χ1) is 9.65. The molecule has 0 aliphatic heterocycles. The Hall–Kier alpha value is -2.96. The summed E-state index contributed by atoms with van der Waals surface area (Å²) in [5.74, 6) is 0. The van der Waals surface area contributed by atoms with Gasteiger partial charge < -0.3 is 5.32 Å². The van der Waals surface area contributed by atoms with E-state index < -0.39 is 0 Å². The molecule has 0 saturated carbocycles. The van der Waals surface area contributed by atoms with Gasteiger partial charge in [0.15, 0.2) is 5.52 Å². The zero-order chi connectivity index (χ0) is 14.1. The Balaban J connectivity index is 2.04. The second kappa shape index (κ2) is 4.61. The summed E-state index contributed by atoms with van der Waals surface area (Å²) in [6, 6.07) is 10.9. The number of fused-ring (bicyclic) bond motifs is 1. The van der Waals surface area contributed by atoms with Crippen molar-refractivity contribution < 1.29 is 14.8 Å². The molecule has 20 heavy (non-hydrogen) atoms. The molecule has 0 amide bonds. The van der Waals surface area contributed by atoms with Crippen molar-refractivity contribution in [1.82, 2.24) is 10.3 Å². The van der Waals surface area contributed by atoms with E-state index in [1.807, 2.05) is 31.2 Å². The highest BCUT2D eigenvalue weighted by atomic mass is 16.6. The van der Waals surface area contributed by atoms with E-state index in [0.29, 0.717) is 11.2 Å². The topological polar surface area (TPSA) is 91.3 Å². The Morgan fingerprint density at radius 1 is 1.10 bits per heavy atom. The van der Waals surface area contributed by atoms with Crippen molar-refractivity contribution in [3.63, 3.8) is 0 Å². The number of rotatable bonds is 3. The van der Waals surface area contributed by atoms with E-state index in [4.69, 9.17) is 5.21 Å². The fraction of sp³-hybridized carbons (Fsp3) is 0.0769. The summed E-state index contributed by atoms with van der Waals surface area (Å²) < 4.78 is 4.64. The minimum absolute atomic E-state index is 0.0179. The highest BCUT2D eigenvalue weighted by molar-refractivity contribution is 5.94. The van der Waals surface area contributed by atoms with Gasteiger partial charge in [-0.3, -0.25) is 0 Å². The zero-order valence-corrected chi connectivity index (χ0v) is 10.6. The maximum atomic E-state index is 11.0. The molecule has 0 aliphatic carbocycles. The molecule has 0 saturated heterocycles. The first-order valence-corrected chi connectivity index (χ1v) is 5.90. The van der Waals surface area contributed by atoms with Gasteiger partial charge in [-0.1, -0.05) is 17.7 Å². The number of aryl methyl sites for hydroxylation is 1. The molecule has 0 fully saturated rings. The minimum atomic E-state index is -0.262. The molecule has 3 rings (SSSR count). The standard InChI is InChI=1S/C13H11N4O3/c1-8-2-4-9(5-3-8)14-10-6-7-11(17(18)19)13-12(10)15-20-16-13/h2-7,14H,1H3,(H,18,19)/q+1. The number of hydrogen-bond acceptors (Lipinski definition) is 5. The van der Waals surface area contributed by atoms with Gasteiger partial charge in [0.05, 0.1) is 10.6 Å². The third-order valence-electron chi connectivity index (χ3n) is 2.93. The molecule has 100 valence electrons. The minimum Gasteiger partial charge on any atom is -0.354 e. The van der Waals surface area contributed by atoms with Crippen molar-refractivity contribution in [3.05, 3.63) is 46.9 Å². The lowest BCUT2D eigenvalue weighted by atomic mass is 10.2. The molecule has 0 radical (unpaired) electrons. The average molecular weight is 271 g/mol. The van der Waals surface area contributed by atoms with Crippen LogP contribution < -0.4 is 5.32 Å². The Bertz CT molecular complexity index is 780. The normalized spacial score (nSPS) is 10.7. The number of aromatic nitrogens is 2. The van der Waals surface area contributed by atoms with Crippen molar-refractivity contribution in [3.8, 4) is 0 Å². The second-order valence-corrected chi connectivity index (χ2v) is 4.36. The van der Waals surface area contributed by atoms with Crippen molar-refractivity contribution in [1.29, 1.82) is 0 Å². The fourth-order valence-corrected chi connectivity index (χ4v) is 1.90. The molecule has 1 heterocycles. The molecule has 0 atom stereocenters. The quantitative estimate of drug-likeness (QED) is 0.711. The summed E-state index contributed by atoms with van der Waals surface area (Å²) in [6.07, 6.45) is 0. The van der Waals surface area contributed by atoms with E-state index >= 15 is 0 Å². The van der Waals surface area contributed by atoms with Crippen molar-refractivity contribution in [2.45, 2.75) is 6.92 Å². The van der Waals surface area contributed by atoms with E-state index in [9.17, 15) is 4.91 Å². The van der Waals surface area contributed by atoms with Gasteiger partial charge >= 0.3 is 5.69 Å². The maximum Gasteiger partial charge on any atom is 0.347 e. The number of benzene rings is 2. The number of nitrogens with one attached hydrogen (secondary N) is 1. The molecular weight excluding hydrogens is 260 g/mol. The lowest BCUT2D eigenvalue weighted by Crippen LogP contribution is -1.96. The van der Waals surface area contributed by atoms with Gasteiger partial charge in [0.25, 0.3) is 4.92 Å². The predicted molar refractivity (Wildman–Crippen MR) is 71.3 cm³/mol. The lowest BCUT2D eigenvalue weighted by Gasteiger charge is -2.06. The SMILES string of the molecule is Cc1ccc(Nc2ccc([N+](=O)O)c3nonc23)cc1. The zero-order valence-electron chi connectivity index (χ0n) is 10.6. The van der Waals surface area contributed by atoms with Crippen LogP contribution in [0.25, 0.3) is 11.0 Å². The monoisotopic (exact) mass is 271 g/mol. The van der Waals surface area contributed by atoms with Crippen LogP contribution in [0, 0.1) is 11.8 Å². The summed E-state index contributed by atoms with van der Waals surface area (Å²) >= 11 is 0. The van der Waals surface area contributed by atoms with E-state index in [1.165, 1.54) is 6.07 Å². The van der Waals surface area contributed by atoms with Gasteiger partial charge in [-0.05, 0) is 35.4 Å². The Kier molecular flexibility index (Phi) is 2.79. The molecule has 0 spiro atoms. The van der Waals surface area contributed by atoms with Crippen molar-refractivity contribution in [2.24, 2.45) is 0 Å². The average Bonchev–Trinajstić information content (AvgIpc) is 2.91. The highest BCUT2D eigenvalue weighted by Crippen LogP contribution is 2.30. The smallest absolute Gasteiger partial charge is 0.347 e. The van der Waals surface area contributed by atoms with Crippen LogP contribution in [-0.4, -0.2) is 20.4 Å². The molecule has 7 nitrogen and oxygen atoms in total. The van der Waals surface area contributed by atoms with Crippen LogP contribution in [0.2, 0.25) is 0 Å². The van der Waals surface area contributed by atoms with Crippen LogP contribution in [0.5, 0.6) is 0 Å². The molecule has 3 aromatic rings. The van der Waals surface area contributed by atoms with Crippen LogP contribution in [0.4, 0.5) is 17.1 Å². The van der Waals surface area contributed by atoms with Gasteiger partial charge in [0, 0.05) is 11.8 Å². The molecule has 0 bridgehead atoms. The summed E-state index contributed by atoms with van der Waals surface area (Å²) in [7, 11) is 0. The third-order valence-corrected chi connectivity index (χ3v) is 2.93. The molecule has 0 aliphatic rings. The summed E-state index contributed by atoms with van der Waals surface area (Å²) in [6.45, 7) is 2.00. The summed E-state index contributed by atoms with van der Waals surface area (Å²) in [5.41, 5.74) is 3.21. The van der Waals surface area contributed by atoms with Crippen LogP contribution in [0.3, 0.4) is 0 Å². The Morgan fingerprint density at radius 3 is 2.50 bits per heavy atom. The van der Waals surface area contributed by atoms with E-state index in [2.05, 4.69) is 20.3 Å². The molecule has 2 N–H and O–H groups in total. The van der Waals surface area contributed by atoms with Crippen molar-refractivity contribution in [2.75, 3.05) is 5.32 Å². The molecule has 7 heteroatoms. The van der Waals surface area contributed by atoms with Crippen LogP contribution in [0.1, 0.15) is 5.56 Å². The van der Waals surface area contributed by atoms with Gasteiger partial charge in [0.2, 0.25) is 5.52 Å². The lowest BCUT2D eigenvalue weighted by molar-refractivity contribution is -0.728. The maximum absolute atomic E-state index is 11.0. The summed E-state index contributed by atoms with van der Waals surface area (Å²) in [4.78, 5) is 10.7. The third kappa shape index (κ3) is 2.05. The fourth-order valence-electron chi connectivity index (χ4n) is 1.90. The Morgan fingerprint density at radius 2 is 1.80 bits per heavy atom. The van der Waals surface area contributed by atoms with E-state index in [0.717, 1.165) is 11.3 Å². The van der Waals surface area contributed by atoms with Gasteiger partial charge in [-0.25, -0.2) is 9.84 Å². The van der Waals surface area contributed by atoms with Crippen LogP contribution in [-0.2, 0) is 0 Å².